The number of rotatable bonds is 4. The van der Waals surface area contributed by atoms with E-state index in [4.69, 9.17) is 10.5 Å². The standard InChI is InChI=1S/C13H21N3O/c1-11-10-12(2-3-13(11)14)17-9-8-16-6-4-15-5-7-16/h2-3,10,15H,4-9,14H2,1H3. The normalized spacial score (nSPS) is 17.0. The molecule has 0 saturated carbocycles. The van der Waals surface area contributed by atoms with Crippen LogP contribution in [-0.2, 0) is 0 Å². The van der Waals surface area contributed by atoms with Crippen molar-refractivity contribution in [1.29, 1.82) is 0 Å². The third kappa shape index (κ3) is 3.61. The minimum Gasteiger partial charge on any atom is -0.492 e. The van der Waals surface area contributed by atoms with E-state index < -0.39 is 0 Å². The summed E-state index contributed by atoms with van der Waals surface area (Å²) in [6, 6.07) is 5.82. The fourth-order valence-corrected chi connectivity index (χ4v) is 1.97. The van der Waals surface area contributed by atoms with Crippen molar-refractivity contribution in [2.75, 3.05) is 45.1 Å². The molecule has 0 atom stereocenters. The number of piperazine rings is 1. The van der Waals surface area contributed by atoms with Gasteiger partial charge in [0.05, 0.1) is 0 Å². The van der Waals surface area contributed by atoms with Gasteiger partial charge in [0.2, 0.25) is 0 Å². The van der Waals surface area contributed by atoms with Crippen LogP contribution in [-0.4, -0.2) is 44.2 Å². The molecule has 1 aromatic rings. The van der Waals surface area contributed by atoms with Crippen LogP contribution in [0.25, 0.3) is 0 Å². The van der Waals surface area contributed by atoms with E-state index in [1.807, 2.05) is 25.1 Å². The molecular formula is C13H21N3O. The number of aryl methyl sites for hydroxylation is 1. The van der Waals surface area contributed by atoms with E-state index >= 15 is 0 Å². The van der Waals surface area contributed by atoms with Gasteiger partial charge >= 0.3 is 0 Å². The predicted octanol–water partition coefficient (Wildman–Crippen LogP) is 0.861. The molecule has 0 radical (unpaired) electrons. The van der Waals surface area contributed by atoms with E-state index in [0.29, 0.717) is 0 Å². The highest BCUT2D eigenvalue weighted by molar-refractivity contribution is 5.49. The van der Waals surface area contributed by atoms with Gasteiger partial charge in [-0.3, -0.25) is 4.90 Å². The zero-order chi connectivity index (χ0) is 12.1. The average Bonchev–Trinajstić information content (AvgIpc) is 2.35. The third-order valence-corrected chi connectivity index (χ3v) is 3.13. The summed E-state index contributed by atoms with van der Waals surface area (Å²) in [5.74, 6) is 0.909. The Balaban J connectivity index is 1.75. The maximum absolute atomic E-state index is 5.76. The Labute approximate surface area is 103 Å². The highest BCUT2D eigenvalue weighted by Gasteiger charge is 2.08. The van der Waals surface area contributed by atoms with Gasteiger partial charge in [0.25, 0.3) is 0 Å². The second-order valence-corrected chi connectivity index (χ2v) is 4.46. The molecule has 0 spiro atoms. The van der Waals surface area contributed by atoms with Crippen molar-refractivity contribution in [3.63, 3.8) is 0 Å². The molecule has 1 fully saturated rings. The van der Waals surface area contributed by atoms with Crippen LogP contribution in [0.2, 0.25) is 0 Å². The number of nitrogens with one attached hydrogen (secondary N) is 1. The van der Waals surface area contributed by atoms with Crippen molar-refractivity contribution in [2.24, 2.45) is 0 Å². The van der Waals surface area contributed by atoms with Crippen molar-refractivity contribution >= 4 is 5.69 Å². The van der Waals surface area contributed by atoms with Gasteiger partial charge in [-0.25, -0.2) is 0 Å². The topological polar surface area (TPSA) is 50.5 Å². The Kier molecular flexibility index (Phi) is 4.23. The fraction of sp³-hybridized carbons (Fsp3) is 0.538. The summed E-state index contributed by atoms with van der Waals surface area (Å²) < 4.78 is 5.73. The van der Waals surface area contributed by atoms with Gasteiger partial charge in [0, 0.05) is 38.4 Å². The largest absolute Gasteiger partial charge is 0.492 e. The molecule has 1 saturated heterocycles. The summed E-state index contributed by atoms with van der Waals surface area (Å²) in [6.07, 6.45) is 0. The van der Waals surface area contributed by atoms with Gasteiger partial charge in [0.1, 0.15) is 12.4 Å². The van der Waals surface area contributed by atoms with Gasteiger partial charge < -0.3 is 15.8 Å². The average molecular weight is 235 g/mol. The van der Waals surface area contributed by atoms with Crippen molar-refractivity contribution in [2.45, 2.75) is 6.92 Å². The molecule has 0 bridgehead atoms. The lowest BCUT2D eigenvalue weighted by Crippen LogP contribution is -2.44. The second-order valence-electron chi connectivity index (χ2n) is 4.46. The van der Waals surface area contributed by atoms with Gasteiger partial charge in [-0.05, 0) is 30.7 Å². The van der Waals surface area contributed by atoms with Crippen LogP contribution in [0.15, 0.2) is 18.2 Å². The molecule has 4 heteroatoms. The van der Waals surface area contributed by atoms with E-state index in [2.05, 4.69) is 10.2 Å². The molecular weight excluding hydrogens is 214 g/mol. The second kappa shape index (κ2) is 5.89. The lowest BCUT2D eigenvalue weighted by Gasteiger charge is -2.26. The first-order valence-corrected chi connectivity index (χ1v) is 6.18. The Morgan fingerprint density at radius 2 is 2.12 bits per heavy atom. The predicted molar refractivity (Wildman–Crippen MR) is 70.4 cm³/mol. The highest BCUT2D eigenvalue weighted by Crippen LogP contribution is 2.18. The number of hydrogen-bond acceptors (Lipinski definition) is 4. The van der Waals surface area contributed by atoms with E-state index in [9.17, 15) is 0 Å². The molecule has 3 N–H and O–H groups in total. The van der Waals surface area contributed by atoms with Crippen molar-refractivity contribution in [3.05, 3.63) is 23.8 Å². The van der Waals surface area contributed by atoms with Crippen LogP contribution in [0, 0.1) is 6.92 Å². The molecule has 0 aliphatic carbocycles. The summed E-state index contributed by atoms with van der Waals surface area (Å²) >= 11 is 0. The number of nitrogens with zero attached hydrogens (tertiary/aromatic N) is 1. The van der Waals surface area contributed by atoms with Crippen molar-refractivity contribution in [1.82, 2.24) is 10.2 Å². The lowest BCUT2D eigenvalue weighted by molar-refractivity contribution is 0.191. The molecule has 0 unspecified atom stereocenters. The van der Waals surface area contributed by atoms with Crippen LogP contribution in [0.3, 0.4) is 0 Å². The van der Waals surface area contributed by atoms with E-state index in [1.165, 1.54) is 0 Å². The van der Waals surface area contributed by atoms with Crippen molar-refractivity contribution < 1.29 is 4.74 Å². The first-order valence-electron chi connectivity index (χ1n) is 6.18. The first kappa shape index (κ1) is 12.2. The Hall–Kier alpha value is -1.26. The quantitative estimate of drug-likeness (QED) is 0.760. The molecule has 17 heavy (non-hydrogen) atoms. The Morgan fingerprint density at radius 3 is 2.82 bits per heavy atom. The fourth-order valence-electron chi connectivity index (χ4n) is 1.97. The molecule has 1 aromatic carbocycles. The number of anilines is 1. The summed E-state index contributed by atoms with van der Waals surface area (Å²) in [5, 5.41) is 3.34. The Morgan fingerprint density at radius 1 is 1.35 bits per heavy atom. The molecule has 0 aromatic heterocycles. The maximum Gasteiger partial charge on any atom is 0.119 e. The summed E-state index contributed by atoms with van der Waals surface area (Å²) in [6.45, 7) is 8.13. The summed E-state index contributed by atoms with van der Waals surface area (Å²) in [7, 11) is 0. The minimum absolute atomic E-state index is 0.739. The van der Waals surface area contributed by atoms with Crippen LogP contribution in [0.1, 0.15) is 5.56 Å². The van der Waals surface area contributed by atoms with Gasteiger partial charge in [0.15, 0.2) is 0 Å². The third-order valence-electron chi connectivity index (χ3n) is 3.13. The van der Waals surface area contributed by atoms with Crippen LogP contribution in [0.5, 0.6) is 5.75 Å². The molecule has 1 aliphatic rings. The van der Waals surface area contributed by atoms with Gasteiger partial charge in [-0.2, -0.15) is 0 Å². The molecule has 4 nitrogen and oxygen atoms in total. The highest BCUT2D eigenvalue weighted by atomic mass is 16.5. The van der Waals surface area contributed by atoms with Gasteiger partial charge in [-0.1, -0.05) is 0 Å². The number of benzene rings is 1. The molecule has 1 heterocycles. The summed E-state index contributed by atoms with van der Waals surface area (Å²) in [4.78, 5) is 2.42. The smallest absolute Gasteiger partial charge is 0.119 e. The minimum atomic E-state index is 0.739. The number of nitrogen functional groups attached to an aromatic ring is 1. The van der Waals surface area contributed by atoms with E-state index in [-0.39, 0.29) is 0 Å². The molecule has 94 valence electrons. The van der Waals surface area contributed by atoms with E-state index in [1.54, 1.807) is 0 Å². The zero-order valence-corrected chi connectivity index (χ0v) is 10.4. The maximum atomic E-state index is 5.76. The molecule has 2 rings (SSSR count). The number of hydrogen-bond donors (Lipinski definition) is 2. The van der Waals surface area contributed by atoms with Crippen molar-refractivity contribution in [3.8, 4) is 5.75 Å². The van der Waals surface area contributed by atoms with Crippen LogP contribution in [0.4, 0.5) is 5.69 Å². The van der Waals surface area contributed by atoms with Crippen LogP contribution < -0.4 is 15.8 Å². The van der Waals surface area contributed by atoms with Gasteiger partial charge in [-0.15, -0.1) is 0 Å². The van der Waals surface area contributed by atoms with E-state index in [0.717, 1.165) is 56.3 Å². The number of nitrogens with two attached hydrogens (primary N) is 1. The zero-order valence-electron chi connectivity index (χ0n) is 10.4. The lowest BCUT2D eigenvalue weighted by atomic mass is 10.2. The number of ether oxygens (including phenoxy) is 1. The first-order chi connectivity index (χ1) is 8.25. The molecule has 0 amide bonds. The van der Waals surface area contributed by atoms with Crippen LogP contribution >= 0.6 is 0 Å². The summed E-state index contributed by atoms with van der Waals surface area (Å²) in [5.41, 5.74) is 7.66. The monoisotopic (exact) mass is 235 g/mol. The molecule has 1 aliphatic heterocycles. The SMILES string of the molecule is Cc1cc(OCCN2CCNCC2)ccc1N. The Bertz CT molecular complexity index is 362.